The molecule has 94 valence electrons. The van der Waals surface area contributed by atoms with E-state index in [9.17, 15) is 0 Å². The zero-order valence-corrected chi connectivity index (χ0v) is 11.0. The van der Waals surface area contributed by atoms with Crippen LogP contribution in [-0.2, 0) is 0 Å². The first-order valence-electron chi connectivity index (χ1n) is 5.48. The fraction of sp³-hybridized carbons (Fsp3) is 0.143. The van der Waals surface area contributed by atoms with E-state index in [2.05, 4.69) is 5.32 Å². The molecular weight excluding hydrogens is 250 g/mol. The van der Waals surface area contributed by atoms with Gasteiger partial charge in [0.2, 0.25) is 0 Å². The summed E-state index contributed by atoms with van der Waals surface area (Å²) in [5.41, 5.74) is 1.74. The van der Waals surface area contributed by atoms with Gasteiger partial charge in [0.25, 0.3) is 0 Å². The average molecular weight is 264 g/mol. The molecule has 0 heterocycles. The maximum absolute atomic E-state index is 6.09. The van der Waals surface area contributed by atoms with Crippen molar-refractivity contribution >= 4 is 23.0 Å². The van der Waals surface area contributed by atoms with Gasteiger partial charge in [0.1, 0.15) is 0 Å². The standard InChI is InChI=1S/C14H14ClNO2/c1-17-13-8-7-10(9-14(13)18-2)16-12-6-4-3-5-11(12)15/h3-9,16H,1-2H3. The predicted molar refractivity (Wildman–Crippen MR) is 74.3 cm³/mol. The van der Waals surface area contributed by atoms with Crippen molar-refractivity contribution < 1.29 is 9.47 Å². The third-order valence-electron chi connectivity index (χ3n) is 2.54. The minimum Gasteiger partial charge on any atom is -0.493 e. The van der Waals surface area contributed by atoms with Crippen molar-refractivity contribution in [3.8, 4) is 11.5 Å². The molecule has 0 aliphatic heterocycles. The monoisotopic (exact) mass is 263 g/mol. The van der Waals surface area contributed by atoms with E-state index in [1.165, 1.54) is 0 Å². The Morgan fingerprint density at radius 1 is 0.944 bits per heavy atom. The Balaban J connectivity index is 2.27. The van der Waals surface area contributed by atoms with Crippen molar-refractivity contribution in [3.05, 3.63) is 47.5 Å². The lowest BCUT2D eigenvalue weighted by Crippen LogP contribution is -1.94. The summed E-state index contributed by atoms with van der Waals surface area (Å²) < 4.78 is 10.4. The normalized spacial score (nSPS) is 9.94. The Bertz CT molecular complexity index is 543. The van der Waals surface area contributed by atoms with Crippen molar-refractivity contribution in [1.82, 2.24) is 0 Å². The van der Waals surface area contributed by atoms with Crippen LogP contribution >= 0.6 is 11.6 Å². The number of para-hydroxylation sites is 1. The maximum atomic E-state index is 6.09. The van der Waals surface area contributed by atoms with Crippen LogP contribution < -0.4 is 14.8 Å². The lowest BCUT2D eigenvalue weighted by molar-refractivity contribution is 0.355. The van der Waals surface area contributed by atoms with Gasteiger partial charge in [-0.25, -0.2) is 0 Å². The van der Waals surface area contributed by atoms with Gasteiger partial charge in [-0.2, -0.15) is 0 Å². The quantitative estimate of drug-likeness (QED) is 0.901. The van der Waals surface area contributed by atoms with Crippen molar-refractivity contribution in [2.75, 3.05) is 19.5 Å². The molecule has 0 unspecified atom stereocenters. The van der Waals surface area contributed by atoms with Gasteiger partial charge in [-0.05, 0) is 24.3 Å². The highest BCUT2D eigenvalue weighted by Crippen LogP contribution is 2.32. The van der Waals surface area contributed by atoms with Gasteiger partial charge in [0, 0.05) is 11.8 Å². The summed E-state index contributed by atoms with van der Waals surface area (Å²) in [6.45, 7) is 0. The number of hydrogen-bond donors (Lipinski definition) is 1. The summed E-state index contributed by atoms with van der Waals surface area (Å²) >= 11 is 6.09. The molecule has 18 heavy (non-hydrogen) atoms. The summed E-state index contributed by atoms with van der Waals surface area (Å²) in [5, 5.41) is 3.90. The Kier molecular flexibility index (Phi) is 3.95. The molecule has 2 aromatic carbocycles. The molecule has 0 aliphatic rings. The van der Waals surface area contributed by atoms with E-state index < -0.39 is 0 Å². The summed E-state index contributed by atoms with van der Waals surface area (Å²) in [6, 6.07) is 13.2. The highest BCUT2D eigenvalue weighted by Gasteiger charge is 2.05. The Morgan fingerprint density at radius 2 is 1.67 bits per heavy atom. The second kappa shape index (κ2) is 5.65. The molecule has 0 aliphatic carbocycles. The van der Waals surface area contributed by atoms with Gasteiger partial charge in [0.05, 0.1) is 24.9 Å². The molecule has 0 aromatic heterocycles. The lowest BCUT2D eigenvalue weighted by Gasteiger charge is -2.12. The largest absolute Gasteiger partial charge is 0.493 e. The molecule has 2 aromatic rings. The summed E-state index contributed by atoms with van der Waals surface area (Å²) in [6.07, 6.45) is 0. The van der Waals surface area contributed by atoms with Crippen LogP contribution in [0.25, 0.3) is 0 Å². The topological polar surface area (TPSA) is 30.5 Å². The van der Waals surface area contributed by atoms with E-state index in [0.29, 0.717) is 16.5 Å². The summed E-state index contributed by atoms with van der Waals surface area (Å²) in [4.78, 5) is 0. The van der Waals surface area contributed by atoms with Gasteiger partial charge >= 0.3 is 0 Å². The third kappa shape index (κ3) is 2.68. The molecule has 0 amide bonds. The van der Waals surface area contributed by atoms with E-state index in [1.807, 2.05) is 42.5 Å². The molecule has 0 bridgehead atoms. The fourth-order valence-electron chi connectivity index (χ4n) is 1.63. The molecule has 0 saturated carbocycles. The third-order valence-corrected chi connectivity index (χ3v) is 2.87. The molecule has 1 N–H and O–H groups in total. The average Bonchev–Trinajstić information content (AvgIpc) is 2.41. The summed E-state index contributed by atoms with van der Waals surface area (Å²) in [7, 11) is 3.22. The predicted octanol–water partition coefficient (Wildman–Crippen LogP) is 4.10. The molecule has 0 atom stereocenters. The van der Waals surface area contributed by atoms with Crippen molar-refractivity contribution in [2.24, 2.45) is 0 Å². The Hall–Kier alpha value is -1.87. The number of anilines is 2. The minimum atomic E-state index is 0.673. The number of nitrogens with one attached hydrogen (secondary N) is 1. The molecule has 0 radical (unpaired) electrons. The number of ether oxygens (including phenoxy) is 2. The molecule has 4 heteroatoms. The second-order valence-corrected chi connectivity index (χ2v) is 4.08. The van der Waals surface area contributed by atoms with Crippen LogP contribution in [0.3, 0.4) is 0 Å². The highest BCUT2D eigenvalue weighted by molar-refractivity contribution is 6.33. The lowest BCUT2D eigenvalue weighted by atomic mass is 10.2. The zero-order chi connectivity index (χ0) is 13.0. The number of benzene rings is 2. The van der Waals surface area contributed by atoms with Crippen LogP contribution in [0.2, 0.25) is 5.02 Å². The zero-order valence-electron chi connectivity index (χ0n) is 10.2. The van der Waals surface area contributed by atoms with E-state index in [1.54, 1.807) is 14.2 Å². The van der Waals surface area contributed by atoms with Crippen LogP contribution in [0, 0.1) is 0 Å². The highest BCUT2D eigenvalue weighted by atomic mass is 35.5. The number of methoxy groups -OCH3 is 2. The van der Waals surface area contributed by atoms with Crippen molar-refractivity contribution in [1.29, 1.82) is 0 Å². The maximum Gasteiger partial charge on any atom is 0.162 e. The smallest absolute Gasteiger partial charge is 0.162 e. The number of rotatable bonds is 4. The Morgan fingerprint density at radius 3 is 2.33 bits per heavy atom. The first kappa shape index (κ1) is 12.6. The van der Waals surface area contributed by atoms with Crippen LogP contribution in [-0.4, -0.2) is 14.2 Å². The van der Waals surface area contributed by atoms with Gasteiger partial charge < -0.3 is 14.8 Å². The SMILES string of the molecule is COc1ccc(Nc2ccccc2Cl)cc1OC. The van der Waals surface area contributed by atoms with Crippen molar-refractivity contribution in [3.63, 3.8) is 0 Å². The van der Waals surface area contributed by atoms with Crippen molar-refractivity contribution in [2.45, 2.75) is 0 Å². The molecule has 2 rings (SSSR count). The molecule has 0 spiro atoms. The van der Waals surface area contributed by atoms with Crippen LogP contribution in [0.1, 0.15) is 0 Å². The number of hydrogen-bond acceptors (Lipinski definition) is 3. The molecule has 3 nitrogen and oxygen atoms in total. The van der Waals surface area contributed by atoms with Crippen LogP contribution in [0.5, 0.6) is 11.5 Å². The fourth-order valence-corrected chi connectivity index (χ4v) is 1.82. The number of halogens is 1. The van der Waals surface area contributed by atoms with Gasteiger partial charge in [-0.3, -0.25) is 0 Å². The van der Waals surface area contributed by atoms with E-state index >= 15 is 0 Å². The summed E-state index contributed by atoms with van der Waals surface area (Å²) in [5.74, 6) is 1.37. The molecule has 0 saturated heterocycles. The van der Waals surface area contributed by atoms with Gasteiger partial charge in [-0.1, -0.05) is 23.7 Å². The Labute approximate surface area is 111 Å². The minimum absolute atomic E-state index is 0.673. The van der Waals surface area contributed by atoms with Crippen LogP contribution in [0.4, 0.5) is 11.4 Å². The first-order chi connectivity index (χ1) is 8.74. The van der Waals surface area contributed by atoms with Gasteiger partial charge in [-0.15, -0.1) is 0 Å². The van der Waals surface area contributed by atoms with Crippen LogP contribution in [0.15, 0.2) is 42.5 Å². The van der Waals surface area contributed by atoms with E-state index in [0.717, 1.165) is 11.4 Å². The second-order valence-electron chi connectivity index (χ2n) is 3.67. The van der Waals surface area contributed by atoms with E-state index in [4.69, 9.17) is 21.1 Å². The van der Waals surface area contributed by atoms with E-state index in [-0.39, 0.29) is 0 Å². The molecule has 0 fully saturated rings. The van der Waals surface area contributed by atoms with Gasteiger partial charge in [0.15, 0.2) is 11.5 Å². The molecular formula is C14H14ClNO2. The first-order valence-corrected chi connectivity index (χ1v) is 5.86.